The zero-order chi connectivity index (χ0) is 13.9. The summed E-state index contributed by atoms with van der Waals surface area (Å²) in [5.41, 5.74) is -0.606. The van der Waals surface area contributed by atoms with Crippen LogP contribution < -0.4 is 0 Å². The summed E-state index contributed by atoms with van der Waals surface area (Å²) in [6.07, 6.45) is 3.23. The fourth-order valence-corrected chi connectivity index (χ4v) is 1.93. The minimum atomic E-state index is -0.963. The Morgan fingerprint density at radius 2 is 1.94 bits per heavy atom. The van der Waals surface area contributed by atoms with Gasteiger partial charge < -0.3 is 9.84 Å². The Bertz CT molecular complexity index is 317. The Labute approximate surface area is 108 Å². The highest BCUT2D eigenvalue weighted by Crippen LogP contribution is 2.31. The third-order valence-corrected chi connectivity index (χ3v) is 3.22. The summed E-state index contributed by atoms with van der Waals surface area (Å²) < 4.78 is 5.19. The molecule has 18 heavy (non-hydrogen) atoms. The molecule has 0 aromatic heterocycles. The molecule has 0 aromatic rings. The first-order valence-electron chi connectivity index (χ1n) is 6.39. The number of rotatable bonds is 4. The van der Waals surface area contributed by atoms with E-state index in [9.17, 15) is 14.7 Å². The lowest BCUT2D eigenvalue weighted by Crippen LogP contribution is -2.46. The number of hydrogen-bond acceptors (Lipinski definition) is 3. The van der Waals surface area contributed by atoms with E-state index in [2.05, 4.69) is 0 Å². The van der Waals surface area contributed by atoms with Crippen LogP contribution in [0, 0.1) is 5.92 Å². The van der Waals surface area contributed by atoms with Crippen molar-refractivity contribution in [3.63, 3.8) is 0 Å². The van der Waals surface area contributed by atoms with E-state index in [1.54, 1.807) is 20.8 Å². The molecule has 0 bridgehead atoms. The van der Waals surface area contributed by atoms with Crippen LogP contribution in [0.2, 0.25) is 0 Å². The lowest BCUT2D eigenvalue weighted by molar-refractivity contribution is -0.143. The van der Waals surface area contributed by atoms with Crippen molar-refractivity contribution in [2.24, 2.45) is 5.92 Å². The van der Waals surface area contributed by atoms with Gasteiger partial charge in [-0.25, -0.2) is 9.59 Å². The van der Waals surface area contributed by atoms with Gasteiger partial charge in [0.25, 0.3) is 0 Å². The van der Waals surface area contributed by atoms with Gasteiger partial charge in [-0.2, -0.15) is 0 Å². The largest absolute Gasteiger partial charge is 0.480 e. The third-order valence-electron chi connectivity index (χ3n) is 3.22. The van der Waals surface area contributed by atoms with Crippen LogP contribution >= 0.6 is 0 Å². The molecule has 0 saturated heterocycles. The van der Waals surface area contributed by atoms with Crippen molar-refractivity contribution >= 4 is 12.1 Å². The maximum atomic E-state index is 11.8. The van der Waals surface area contributed by atoms with Crippen LogP contribution in [0.15, 0.2) is 0 Å². The Kier molecular flexibility index (Phi) is 4.59. The molecule has 5 heteroatoms. The molecule has 5 nitrogen and oxygen atoms in total. The van der Waals surface area contributed by atoms with Crippen molar-refractivity contribution in [1.29, 1.82) is 0 Å². The highest BCUT2D eigenvalue weighted by atomic mass is 16.6. The van der Waals surface area contributed by atoms with Crippen molar-refractivity contribution < 1.29 is 19.4 Å². The molecule has 1 rings (SSSR count). The van der Waals surface area contributed by atoms with Crippen LogP contribution in [0.25, 0.3) is 0 Å². The first kappa shape index (κ1) is 14.8. The number of carbonyl (C=O) groups is 2. The number of likely N-dealkylation sites (N-methyl/N-ethyl adjacent to an activating group) is 1. The van der Waals surface area contributed by atoms with Crippen LogP contribution in [-0.4, -0.2) is 40.8 Å². The summed E-state index contributed by atoms with van der Waals surface area (Å²) in [6.45, 7) is 5.29. The molecule has 0 spiro atoms. The van der Waals surface area contributed by atoms with Crippen molar-refractivity contribution in [2.45, 2.75) is 58.1 Å². The van der Waals surface area contributed by atoms with Crippen LogP contribution in [0.5, 0.6) is 0 Å². The molecule has 0 heterocycles. The number of carboxylic acid groups (broad SMARTS) is 1. The Morgan fingerprint density at radius 1 is 1.39 bits per heavy atom. The summed E-state index contributed by atoms with van der Waals surface area (Å²) in [7, 11) is 1.49. The van der Waals surface area contributed by atoms with Gasteiger partial charge in [0.1, 0.15) is 11.6 Å². The minimum absolute atomic E-state index is 0.427. The lowest BCUT2D eigenvalue weighted by atomic mass is 9.80. The Balaban J connectivity index is 2.60. The van der Waals surface area contributed by atoms with E-state index < -0.39 is 23.7 Å². The number of carbonyl (C=O) groups excluding carboxylic acids is 1. The van der Waals surface area contributed by atoms with Gasteiger partial charge in [0.05, 0.1) is 0 Å². The zero-order valence-electron chi connectivity index (χ0n) is 11.6. The third kappa shape index (κ3) is 4.20. The molecule has 1 aliphatic rings. The lowest BCUT2D eigenvalue weighted by Gasteiger charge is -2.33. The molecule has 1 N–H and O–H groups in total. The van der Waals surface area contributed by atoms with Crippen LogP contribution in [0.3, 0.4) is 0 Å². The monoisotopic (exact) mass is 257 g/mol. The van der Waals surface area contributed by atoms with Gasteiger partial charge in [-0.05, 0) is 33.1 Å². The number of amides is 1. The number of carboxylic acids is 1. The predicted molar refractivity (Wildman–Crippen MR) is 67.4 cm³/mol. The molecule has 0 unspecified atom stereocenters. The fourth-order valence-electron chi connectivity index (χ4n) is 1.93. The summed E-state index contributed by atoms with van der Waals surface area (Å²) in [4.78, 5) is 24.3. The van der Waals surface area contributed by atoms with Crippen LogP contribution in [-0.2, 0) is 9.53 Å². The molecule has 0 aromatic carbocycles. The first-order chi connectivity index (χ1) is 8.20. The molecule has 1 amide bonds. The van der Waals surface area contributed by atoms with Gasteiger partial charge in [0, 0.05) is 7.05 Å². The SMILES string of the molecule is CN(C(=O)OC(C)(C)C)[C@@H](CC1CCC1)C(=O)O. The van der Waals surface area contributed by atoms with Crippen LogP contribution in [0.4, 0.5) is 4.79 Å². The van der Waals surface area contributed by atoms with Gasteiger partial charge in [0.15, 0.2) is 0 Å². The fraction of sp³-hybridized carbons (Fsp3) is 0.846. The number of ether oxygens (including phenoxy) is 1. The van der Waals surface area contributed by atoms with E-state index >= 15 is 0 Å². The molecule has 0 radical (unpaired) electrons. The quantitative estimate of drug-likeness (QED) is 0.840. The van der Waals surface area contributed by atoms with E-state index in [1.165, 1.54) is 11.9 Å². The highest BCUT2D eigenvalue weighted by molar-refractivity contribution is 5.80. The molecular weight excluding hydrogens is 234 g/mol. The second-order valence-corrected chi connectivity index (χ2v) is 5.98. The summed E-state index contributed by atoms with van der Waals surface area (Å²) >= 11 is 0. The van der Waals surface area contributed by atoms with E-state index in [-0.39, 0.29) is 0 Å². The topological polar surface area (TPSA) is 66.8 Å². The van der Waals surface area contributed by atoms with Crippen molar-refractivity contribution in [1.82, 2.24) is 4.90 Å². The normalized spacial score (nSPS) is 17.8. The number of hydrogen-bond donors (Lipinski definition) is 1. The molecule has 0 aliphatic heterocycles. The average Bonchev–Trinajstić information content (AvgIpc) is 2.11. The van der Waals surface area contributed by atoms with E-state index in [1.807, 2.05) is 0 Å². The van der Waals surface area contributed by atoms with E-state index in [0.717, 1.165) is 19.3 Å². The number of nitrogens with zero attached hydrogens (tertiary/aromatic N) is 1. The molecular formula is C13H23NO4. The summed E-state index contributed by atoms with van der Waals surface area (Å²) in [5.74, 6) is -0.536. The minimum Gasteiger partial charge on any atom is -0.480 e. The first-order valence-corrected chi connectivity index (χ1v) is 6.39. The van der Waals surface area contributed by atoms with E-state index in [0.29, 0.717) is 12.3 Å². The van der Waals surface area contributed by atoms with Gasteiger partial charge in [-0.15, -0.1) is 0 Å². The molecule has 1 saturated carbocycles. The molecule has 1 fully saturated rings. The van der Waals surface area contributed by atoms with Gasteiger partial charge in [-0.3, -0.25) is 4.90 Å². The molecule has 1 atom stereocenters. The second-order valence-electron chi connectivity index (χ2n) is 5.98. The summed E-state index contributed by atoms with van der Waals surface area (Å²) in [6, 6.07) is -0.787. The standard InChI is InChI=1S/C13H23NO4/c1-13(2,3)18-12(17)14(4)10(11(15)16)8-9-6-5-7-9/h9-10H,5-8H2,1-4H3,(H,15,16)/t10-/m0/s1. The van der Waals surface area contributed by atoms with Crippen LogP contribution in [0.1, 0.15) is 46.5 Å². The molecule has 1 aliphatic carbocycles. The maximum absolute atomic E-state index is 11.8. The Morgan fingerprint density at radius 3 is 2.28 bits per heavy atom. The smallest absolute Gasteiger partial charge is 0.410 e. The summed E-state index contributed by atoms with van der Waals surface area (Å²) in [5, 5.41) is 9.21. The highest BCUT2D eigenvalue weighted by Gasteiger charge is 2.33. The van der Waals surface area contributed by atoms with Crippen molar-refractivity contribution in [3.8, 4) is 0 Å². The molecule has 104 valence electrons. The maximum Gasteiger partial charge on any atom is 0.410 e. The Hall–Kier alpha value is -1.26. The van der Waals surface area contributed by atoms with Crippen molar-refractivity contribution in [3.05, 3.63) is 0 Å². The van der Waals surface area contributed by atoms with Gasteiger partial charge in [0.2, 0.25) is 0 Å². The van der Waals surface area contributed by atoms with Gasteiger partial charge in [-0.1, -0.05) is 19.3 Å². The van der Waals surface area contributed by atoms with Gasteiger partial charge >= 0.3 is 12.1 Å². The second kappa shape index (κ2) is 5.59. The predicted octanol–water partition coefficient (Wildman–Crippen LogP) is 2.50. The number of aliphatic carboxylic acids is 1. The average molecular weight is 257 g/mol. The van der Waals surface area contributed by atoms with Crippen molar-refractivity contribution in [2.75, 3.05) is 7.05 Å². The zero-order valence-corrected chi connectivity index (χ0v) is 11.6. The van der Waals surface area contributed by atoms with E-state index in [4.69, 9.17) is 4.74 Å².